The Balaban J connectivity index is 2.12. The first-order chi connectivity index (χ1) is 6.19. The first-order valence-corrected chi connectivity index (χ1v) is 4.74. The summed E-state index contributed by atoms with van der Waals surface area (Å²) >= 11 is 0. The van der Waals surface area contributed by atoms with Crippen molar-refractivity contribution in [2.75, 3.05) is 0 Å². The van der Waals surface area contributed by atoms with Crippen LogP contribution in [-0.2, 0) is 18.8 Å². The minimum atomic E-state index is -2.59. The number of benzene rings is 1. The first kappa shape index (κ1) is 7.48. The average Bonchev–Trinajstić information content (AvgIpc) is 2.66. The molecule has 0 aromatic heterocycles. The number of halogens is 2. The molecule has 68 valence electrons. The molecule has 0 heterocycles. The topological polar surface area (TPSA) is 0 Å². The Labute approximate surface area is 75.6 Å². The fourth-order valence-electron chi connectivity index (χ4n) is 2.24. The molecule has 0 saturated carbocycles. The summed E-state index contributed by atoms with van der Waals surface area (Å²) in [5, 5.41) is 0. The molecular weight excluding hydrogens is 170 g/mol. The highest BCUT2D eigenvalue weighted by atomic mass is 19.3. The molecular formula is C11H10F2. The predicted octanol–water partition coefficient (Wildman–Crippen LogP) is 3.02. The average molecular weight is 180 g/mol. The van der Waals surface area contributed by atoms with Crippen molar-refractivity contribution in [2.45, 2.75) is 31.6 Å². The SMILES string of the molecule is FC1(F)c2cc3c(cc21)CCCC3. The molecule has 0 nitrogen and oxygen atoms in total. The highest BCUT2D eigenvalue weighted by molar-refractivity contribution is 5.58. The van der Waals surface area contributed by atoms with Crippen molar-refractivity contribution in [3.63, 3.8) is 0 Å². The smallest absolute Gasteiger partial charge is 0.196 e. The molecule has 3 rings (SSSR count). The summed E-state index contributed by atoms with van der Waals surface area (Å²) in [6, 6.07) is 3.42. The van der Waals surface area contributed by atoms with Gasteiger partial charge in [-0.3, -0.25) is 0 Å². The van der Waals surface area contributed by atoms with Gasteiger partial charge in [-0.15, -0.1) is 0 Å². The summed E-state index contributed by atoms with van der Waals surface area (Å²) in [5.41, 5.74) is 2.85. The second kappa shape index (κ2) is 2.11. The van der Waals surface area contributed by atoms with E-state index in [0.717, 1.165) is 36.8 Å². The third kappa shape index (κ3) is 0.888. The minimum Gasteiger partial charge on any atom is -0.196 e. The molecule has 1 aromatic carbocycles. The zero-order chi connectivity index (χ0) is 9.05. The Morgan fingerprint density at radius 1 is 0.923 bits per heavy atom. The summed E-state index contributed by atoms with van der Waals surface area (Å²) in [6.07, 6.45) is 4.27. The molecule has 0 unspecified atom stereocenters. The Kier molecular flexibility index (Phi) is 1.22. The van der Waals surface area contributed by atoms with Gasteiger partial charge in [-0.1, -0.05) is 0 Å². The third-order valence-electron chi connectivity index (χ3n) is 3.10. The van der Waals surface area contributed by atoms with Crippen LogP contribution >= 0.6 is 0 Å². The van der Waals surface area contributed by atoms with Crippen molar-refractivity contribution in [1.82, 2.24) is 0 Å². The van der Waals surface area contributed by atoms with Crippen molar-refractivity contribution < 1.29 is 8.78 Å². The summed E-state index contributed by atoms with van der Waals surface area (Å²) in [7, 11) is 0. The first-order valence-electron chi connectivity index (χ1n) is 4.74. The van der Waals surface area contributed by atoms with Crippen molar-refractivity contribution in [3.05, 3.63) is 34.4 Å². The van der Waals surface area contributed by atoms with E-state index in [1.54, 1.807) is 12.1 Å². The van der Waals surface area contributed by atoms with Gasteiger partial charge in [-0.25, -0.2) is 0 Å². The van der Waals surface area contributed by atoms with E-state index in [1.807, 2.05) is 0 Å². The van der Waals surface area contributed by atoms with Crippen LogP contribution in [0.5, 0.6) is 0 Å². The fraction of sp³-hybridized carbons (Fsp3) is 0.455. The molecule has 0 bridgehead atoms. The fourth-order valence-corrected chi connectivity index (χ4v) is 2.24. The lowest BCUT2D eigenvalue weighted by molar-refractivity contribution is 0.0989. The zero-order valence-corrected chi connectivity index (χ0v) is 7.24. The van der Waals surface area contributed by atoms with Crippen LogP contribution in [0.3, 0.4) is 0 Å². The van der Waals surface area contributed by atoms with Crippen LogP contribution in [0.2, 0.25) is 0 Å². The Hall–Kier alpha value is -0.920. The number of aryl methyl sites for hydroxylation is 2. The Morgan fingerprint density at radius 3 is 1.85 bits per heavy atom. The number of rotatable bonds is 0. The van der Waals surface area contributed by atoms with Gasteiger partial charge in [0, 0.05) is 11.1 Å². The van der Waals surface area contributed by atoms with Crippen LogP contribution in [0.25, 0.3) is 0 Å². The molecule has 1 aromatic rings. The zero-order valence-electron chi connectivity index (χ0n) is 7.24. The maximum absolute atomic E-state index is 13.0. The van der Waals surface area contributed by atoms with Crippen LogP contribution in [-0.4, -0.2) is 0 Å². The normalized spacial score (nSPS) is 22.0. The molecule has 0 fully saturated rings. The number of alkyl halides is 2. The number of hydrogen-bond donors (Lipinski definition) is 0. The maximum atomic E-state index is 13.0. The van der Waals surface area contributed by atoms with E-state index < -0.39 is 5.92 Å². The van der Waals surface area contributed by atoms with E-state index in [2.05, 4.69) is 0 Å². The van der Waals surface area contributed by atoms with Crippen molar-refractivity contribution in [2.24, 2.45) is 0 Å². The third-order valence-corrected chi connectivity index (χ3v) is 3.10. The van der Waals surface area contributed by atoms with E-state index in [0.29, 0.717) is 0 Å². The van der Waals surface area contributed by atoms with E-state index in [4.69, 9.17) is 0 Å². The Bertz CT molecular complexity index is 345. The molecule has 0 spiro atoms. The number of hydrogen-bond acceptors (Lipinski definition) is 0. The van der Waals surface area contributed by atoms with E-state index in [1.165, 1.54) is 0 Å². The van der Waals surface area contributed by atoms with E-state index in [-0.39, 0.29) is 11.1 Å². The lowest BCUT2D eigenvalue weighted by Gasteiger charge is -2.13. The van der Waals surface area contributed by atoms with Gasteiger partial charge in [0.25, 0.3) is 5.92 Å². The molecule has 13 heavy (non-hydrogen) atoms. The molecule has 2 aliphatic rings. The monoisotopic (exact) mass is 180 g/mol. The Morgan fingerprint density at radius 2 is 1.38 bits per heavy atom. The van der Waals surface area contributed by atoms with Gasteiger partial charge >= 0.3 is 0 Å². The number of fused-ring (bicyclic) bond motifs is 2. The molecule has 0 radical (unpaired) electrons. The highest BCUT2D eigenvalue weighted by Gasteiger charge is 2.53. The van der Waals surface area contributed by atoms with Gasteiger partial charge in [0.2, 0.25) is 0 Å². The largest absolute Gasteiger partial charge is 0.299 e. The molecule has 0 N–H and O–H groups in total. The molecule has 0 saturated heterocycles. The molecule has 0 amide bonds. The maximum Gasteiger partial charge on any atom is 0.299 e. The standard InChI is InChI=1S/C11H10F2/c12-11(13)9-5-7-3-1-2-4-8(7)6-10(9)11/h5-6H,1-4H2. The summed E-state index contributed by atoms with van der Waals surface area (Å²) in [5.74, 6) is -2.59. The van der Waals surface area contributed by atoms with Crippen LogP contribution < -0.4 is 0 Å². The van der Waals surface area contributed by atoms with Gasteiger partial charge in [0.15, 0.2) is 0 Å². The van der Waals surface area contributed by atoms with Crippen LogP contribution in [0, 0.1) is 0 Å². The highest BCUT2D eigenvalue weighted by Crippen LogP contribution is 2.54. The van der Waals surface area contributed by atoms with Crippen LogP contribution in [0.1, 0.15) is 35.1 Å². The van der Waals surface area contributed by atoms with E-state index >= 15 is 0 Å². The van der Waals surface area contributed by atoms with Gasteiger partial charge in [-0.05, 0) is 48.9 Å². The summed E-state index contributed by atoms with van der Waals surface area (Å²) in [4.78, 5) is 0. The molecule has 2 aliphatic carbocycles. The lowest BCUT2D eigenvalue weighted by Crippen LogP contribution is -2.00. The molecule has 2 heteroatoms. The lowest BCUT2D eigenvalue weighted by atomic mass is 9.92. The second-order valence-electron chi connectivity index (χ2n) is 3.95. The van der Waals surface area contributed by atoms with Gasteiger partial charge in [0.1, 0.15) is 0 Å². The quantitative estimate of drug-likeness (QED) is 0.575. The predicted molar refractivity (Wildman–Crippen MR) is 46.1 cm³/mol. The van der Waals surface area contributed by atoms with Crippen LogP contribution in [0.4, 0.5) is 8.78 Å². The van der Waals surface area contributed by atoms with Gasteiger partial charge in [-0.2, -0.15) is 8.78 Å². The second-order valence-corrected chi connectivity index (χ2v) is 3.95. The van der Waals surface area contributed by atoms with Crippen LogP contribution in [0.15, 0.2) is 12.1 Å². The summed E-state index contributed by atoms with van der Waals surface area (Å²) < 4.78 is 26.0. The van der Waals surface area contributed by atoms with E-state index in [9.17, 15) is 8.78 Å². The molecule has 0 atom stereocenters. The van der Waals surface area contributed by atoms with Crippen molar-refractivity contribution >= 4 is 0 Å². The van der Waals surface area contributed by atoms with Gasteiger partial charge < -0.3 is 0 Å². The minimum absolute atomic E-state index is 0.271. The summed E-state index contributed by atoms with van der Waals surface area (Å²) in [6.45, 7) is 0. The molecule has 0 aliphatic heterocycles. The van der Waals surface area contributed by atoms with Crippen molar-refractivity contribution in [1.29, 1.82) is 0 Å². The van der Waals surface area contributed by atoms with Crippen molar-refractivity contribution in [3.8, 4) is 0 Å². The van der Waals surface area contributed by atoms with Gasteiger partial charge in [0.05, 0.1) is 0 Å².